The largest absolute Gasteiger partial charge is 0.381 e. The fourth-order valence-electron chi connectivity index (χ4n) is 3.90. The number of nitriles is 1. The first-order valence-electron chi connectivity index (χ1n) is 9.27. The summed E-state index contributed by atoms with van der Waals surface area (Å²) < 4.78 is 7.17. The fraction of sp³-hybridized carbons (Fsp3) is 0.300. The Bertz CT molecular complexity index is 1270. The van der Waals surface area contributed by atoms with E-state index in [0.717, 1.165) is 42.5 Å². The summed E-state index contributed by atoms with van der Waals surface area (Å²) in [6, 6.07) is 6.03. The molecule has 0 amide bonds. The Kier molecular flexibility index (Phi) is 3.95. The number of hydrogen-bond donors (Lipinski definition) is 2. The normalized spacial score (nSPS) is 15.2. The molecule has 0 bridgehead atoms. The van der Waals surface area contributed by atoms with Crippen LogP contribution in [0.15, 0.2) is 35.5 Å². The van der Waals surface area contributed by atoms with Crippen LogP contribution in [0.4, 0.5) is 0 Å². The predicted molar refractivity (Wildman–Crippen MR) is 104 cm³/mol. The molecule has 28 heavy (non-hydrogen) atoms. The van der Waals surface area contributed by atoms with E-state index in [4.69, 9.17) is 4.74 Å². The van der Waals surface area contributed by atoms with Crippen molar-refractivity contribution in [2.75, 3.05) is 13.2 Å². The third-order valence-electron chi connectivity index (χ3n) is 5.42. The van der Waals surface area contributed by atoms with E-state index in [9.17, 15) is 10.1 Å². The number of ether oxygens (including phenoxy) is 1. The molecule has 1 saturated heterocycles. The Hall–Kier alpha value is -3.44. The number of hydrogen-bond acceptors (Lipinski definition) is 5. The number of fused-ring (bicyclic) bond motifs is 2. The van der Waals surface area contributed by atoms with Crippen LogP contribution in [0, 0.1) is 17.2 Å². The molecule has 0 spiro atoms. The molecule has 4 aromatic rings. The van der Waals surface area contributed by atoms with Gasteiger partial charge in [0.25, 0.3) is 0 Å². The van der Waals surface area contributed by atoms with Crippen molar-refractivity contribution in [1.29, 1.82) is 5.26 Å². The SMILES string of the molecule is N#Cc1c(-c2cnc3[nH]c(=O)n(CC4CCOCC4)c3c2)cnc2[nH]ccc12. The standard InChI is InChI=1S/C20H18N6O2/c21-8-15-14-1-4-22-18(14)24-10-16(15)13-7-17-19(23-9-13)25-20(27)26(17)11-12-2-5-28-6-3-12/h1,4,7,9-10,12H,2-3,5-6,11H2,(H,22,24)(H,23,25,27). The summed E-state index contributed by atoms with van der Waals surface area (Å²) in [7, 11) is 0. The van der Waals surface area contributed by atoms with Gasteiger partial charge in [-0.15, -0.1) is 0 Å². The maximum Gasteiger partial charge on any atom is 0.327 e. The summed E-state index contributed by atoms with van der Waals surface area (Å²) in [4.78, 5) is 27.2. The molecule has 4 aromatic heterocycles. The van der Waals surface area contributed by atoms with Crippen LogP contribution < -0.4 is 5.69 Å². The molecule has 2 N–H and O–H groups in total. The zero-order valence-electron chi connectivity index (χ0n) is 15.1. The molecule has 140 valence electrons. The van der Waals surface area contributed by atoms with Gasteiger partial charge in [-0.2, -0.15) is 5.26 Å². The quantitative estimate of drug-likeness (QED) is 0.572. The van der Waals surface area contributed by atoms with Gasteiger partial charge in [-0.25, -0.2) is 14.8 Å². The maximum absolute atomic E-state index is 12.5. The van der Waals surface area contributed by atoms with Crippen molar-refractivity contribution in [3.63, 3.8) is 0 Å². The van der Waals surface area contributed by atoms with Crippen LogP contribution in [0.5, 0.6) is 0 Å². The number of aromatic nitrogens is 5. The second kappa shape index (κ2) is 6.62. The van der Waals surface area contributed by atoms with Crippen molar-refractivity contribution in [3.8, 4) is 17.2 Å². The number of imidazole rings is 1. The van der Waals surface area contributed by atoms with E-state index in [0.29, 0.717) is 34.9 Å². The summed E-state index contributed by atoms with van der Waals surface area (Å²) in [6.07, 6.45) is 7.00. The average molecular weight is 374 g/mol. The van der Waals surface area contributed by atoms with E-state index < -0.39 is 0 Å². The zero-order chi connectivity index (χ0) is 19.1. The Labute approximate surface area is 159 Å². The lowest BCUT2D eigenvalue weighted by atomic mass is 10.00. The molecular formula is C20H18N6O2. The highest BCUT2D eigenvalue weighted by Gasteiger charge is 2.19. The molecule has 0 aromatic carbocycles. The average Bonchev–Trinajstić information content (AvgIpc) is 3.32. The Morgan fingerprint density at radius 2 is 2.07 bits per heavy atom. The van der Waals surface area contributed by atoms with Crippen LogP contribution in [-0.2, 0) is 11.3 Å². The minimum atomic E-state index is -0.161. The molecule has 1 fully saturated rings. The van der Waals surface area contributed by atoms with Gasteiger partial charge in [0.1, 0.15) is 11.7 Å². The summed E-state index contributed by atoms with van der Waals surface area (Å²) >= 11 is 0. The summed E-state index contributed by atoms with van der Waals surface area (Å²) in [5.74, 6) is 0.404. The lowest BCUT2D eigenvalue weighted by Gasteiger charge is -2.22. The second-order valence-electron chi connectivity index (χ2n) is 7.09. The number of rotatable bonds is 3. The molecule has 8 heteroatoms. The number of nitrogens with zero attached hydrogens (tertiary/aromatic N) is 4. The lowest BCUT2D eigenvalue weighted by molar-refractivity contribution is 0.0613. The van der Waals surface area contributed by atoms with Gasteiger partial charge in [-0.3, -0.25) is 9.55 Å². The number of nitrogens with one attached hydrogen (secondary N) is 2. The van der Waals surface area contributed by atoms with Crippen LogP contribution in [0.1, 0.15) is 18.4 Å². The third-order valence-corrected chi connectivity index (χ3v) is 5.42. The highest BCUT2D eigenvalue weighted by Crippen LogP contribution is 2.29. The van der Waals surface area contributed by atoms with Crippen LogP contribution in [0.2, 0.25) is 0 Å². The molecule has 5 heterocycles. The molecule has 8 nitrogen and oxygen atoms in total. The molecule has 0 unspecified atom stereocenters. The molecule has 5 rings (SSSR count). The van der Waals surface area contributed by atoms with E-state index in [-0.39, 0.29) is 5.69 Å². The first kappa shape index (κ1) is 16.7. The highest BCUT2D eigenvalue weighted by molar-refractivity contribution is 5.91. The number of aromatic amines is 2. The Morgan fingerprint density at radius 3 is 2.89 bits per heavy atom. The van der Waals surface area contributed by atoms with E-state index >= 15 is 0 Å². The van der Waals surface area contributed by atoms with Crippen molar-refractivity contribution in [2.45, 2.75) is 19.4 Å². The van der Waals surface area contributed by atoms with Gasteiger partial charge in [0, 0.05) is 54.9 Å². The van der Waals surface area contributed by atoms with Crippen LogP contribution in [-0.4, -0.2) is 37.7 Å². The summed E-state index contributed by atoms with van der Waals surface area (Å²) in [5, 5.41) is 10.5. The van der Waals surface area contributed by atoms with Gasteiger partial charge in [-0.05, 0) is 30.9 Å². The number of H-pyrrole nitrogens is 2. The van der Waals surface area contributed by atoms with Crippen LogP contribution >= 0.6 is 0 Å². The van der Waals surface area contributed by atoms with E-state index in [1.54, 1.807) is 23.2 Å². The van der Waals surface area contributed by atoms with Crippen molar-refractivity contribution < 1.29 is 4.74 Å². The first-order valence-corrected chi connectivity index (χ1v) is 9.27. The van der Waals surface area contributed by atoms with Gasteiger partial charge in [0.05, 0.1) is 11.1 Å². The Morgan fingerprint density at radius 1 is 1.25 bits per heavy atom. The van der Waals surface area contributed by atoms with Crippen molar-refractivity contribution in [3.05, 3.63) is 46.8 Å². The van der Waals surface area contributed by atoms with Gasteiger partial charge >= 0.3 is 5.69 Å². The molecule has 0 aliphatic carbocycles. The fourth-order valence-corrected chi connectivity index (χ4v) is 3.90. The topological polar surface area (TPSA) is 112 Å². The molecule has 1 aliphatic rings. The molecular weight excluding hydrogens is 356 g/mol. The second-order valence-corrected chi connectivity index (χ2v) is 7.09. The van der Waals surface area contributed by atoms with Gasteiger partial charge in [-0.1, -0.05) is 0 Å². The predicted octanol–water partition coefficient (Wildman–Crippen LogP) is 2.57. The van der Waals surface area contributed by atoms with Crippen LogP contribution in [0.3, 0.4) is 0 Å². The monoisotopic (exact) mass is 374 g/mol. The van der Waals surface area contributed by atoms with Crippen molar-refractivity contribution in [2.24, 2.45) is 5.92 Å². The van der Waals surface area contributed by atoms with Gasteiger partial charge < -0.3 is 9.72 Å². The molecule has 0 atom stereocenters. The maximum atomic E-state index is 12.5. The van der Waals surface area contributed by atoms with Crippen molar-refractivity contribution in [1.82, 2.24) is 24.5 Å². The number of pyridine rings is 2. The zero-order valence-corrected chi connectivity index (χ0v) is 15.1. The lowest BCUT2D eigenvalue weighted by Crippen LogP contribution is -2.25. The van der Waals surface area contributed by atoms with E-state index in [1.165, 1.54) is 0 Å². The molecule has 1 aliphatic heterocycles. The van der Waals surface area contributed by atoms with Crippen LogP contribution in [0.25, 0.3) is 33.3 Å². The molecule has 0 radical (unpaired) electrons. The molecule has 0 saturated carbocycles. The van der Waals surface area contributed by atoms with E-state index in [1.807, 2.05) is 12.1 Å². The van der Waals surface area contributed by atoms with Gasteiger partial charge in [0.2, 0.25) is 0 Å². The van der Waals surface area contributed by atoms with E-state index in [2.05, 4.69) is 26.0 Å². The summed E-state index contributed by atoms with van der Waals surface area (Å²) in [5.41, 5.74) is 3.82. The van der Waals surface area contributed by atoms with Gasteiger partial charge in [0.15, 0.2) is 5.65 Å². The minimum Gasteiger partial charge on any atom is -0.381 e. The Balaban J connectivity index is 1.63. The van der Waals surface area contributed by atoms with Crippen molar-refractivity contribution >= 4 is 22.2 Å². The highest BCUT2D eigenvalue weighted by atomic mass is 16.5. The minimum absolute atomic E-state index is 0.161. The first-order chi connectivity index (χ1) is 13.7. The summed E-state index contributed by atoms with van der Waals surface area (Å²) in [6.45, 7) is 2.10. The smallest absolute Gasteiger partial charge is 0.327 e. The third kappa shape index (κ3) is 2.68.